The molecule has 3 nitrogen and oxygen atoms in total. The van der Waals surface area contributed by atoms with E-state index in [0.29, 0.717) is 12.5 Å². The largest absolute Gasteiger partial charge is 0.388 e. The van der Waals surface area contributed by atoms with Gasteiger partial charge in [0, 0.05) is 31.7 Å². The second-order valence-electron chi connectivity index (χ2n) is 6.30. The Bertz CT molecular complexity index is 415. The van der Waals surface area contributed by atoms with Crippen LogP contribution in [0.3, 0.4) is 0 Å². The average Bonchev–Trinajstić information content (AvgIpc) is 2.81. The summed E-state index contributed by atoms with van der Waals surface area (Å²) in [5, 5.41) is 10.7. The van der Waals surface area contributed by atoms with Gasteiger partial charge in [-0.2, -0.15) is 0 Å². The molecule has 0 spiro atoms. The Balaban J connectivity index is 2.20. The number of anilines is 1. The number of aliphatic hydroxyl groups is 1. The number of nitrogens with zero attached hydrogens (tertiary/aromatic N) is 1. The van der Waals surface area contributed by atoms with E-state index < -0.39 is 6.10 Å². The minimum absolute atomic E-state index is 0.126. The highest BCUT2D eigenvalue weighted by Crippen LogP contribution is 2.49. The summed E-state index contributed by atoms with van der Waals surface area (Å²) in [5.74, 6) is 0.666. The highest BCUT2D eigenvalue weighted by atomic mass is 16.3. The summed E-state index contributed by atoms with van der Waals surface area (Å²) in [7, 11) is 4.04. The first-order chi connectivity index (χ1) is 8.98. The Morgan fingerprint density at radius 2 is 2.00 bits per heavy atom. The summed E-state index contributed by atoms with van der Waals surface area (Å²) in [6.45, 7) is 2.81. The van der Waals surface area contributed by atoms with E-state index in [1.807, 2.05) is 26.2 Å². The molecule has 1 aliphatic carbocycles. The minimum atomic E-state index is -0.446. The van der Waals surface area contributed by atoms with Gasteiger partial charge in [0.05, 0.1) is 6.10 Å². The number of nitrogens with two attached hydrogens (primary N) is 1. The number of rotatable bonds is 4. The van der Waals surface area contributed by atoms with Gasteiger partial charge in [0.15, 0.2) is 0 Å². The van der Waals surface area contributed by atoms with E-state index in [4.69, 9.17) is 5.73 Å². The molecule has 1 fully saturated rings. The summed E-state index contributed by atoms with van der Waals surface area (Å²) >= 11 is 0. The fraction of sp³-hybridized carbons (Fsp3) is 0.625. The summed E-state index contributed by atoms with van der Waals surface area (Å²) in [6.07, 6.45) is 2.78. The SMILES string of the molecule is CC1CCC(CN)(C(O)c2ccc(N(C)C)cc2)C1. The van der Waals surface area contributed by atoms with Gasteiger partial charge in [0.2, 0.25) is 0 Å². The van der Waals surface area contributed by atoms with Crippen molar-refractivity contribution in [3.05, 3.63) is 29.8 Å². The molecule has 0 aromatic heterocycles. The zero-order valence-electron chi connectivity index (χ0n) is 12.3. The molecule has 0 bridgehead atoms. The normalized spacial score (nSPS) is 28.4. The van der Waals surface area contributed by atoms with Crippen molar-refractivity contribution in [2.75, 3.05) is 25.5 Å². The van der Waals surface area contributed by atoms with Gasteiger partial charge in [-0.1, -0.05) is 25.5 Å². The van der Waals surface area contributed by atoms with Crippen LogP contribution in [0.25, 0.3) is 0 Å². The molecule has 19 heavy (non-hydrogen) atoms. The van der Waals surface area contributed by atoms with Crippen LogP contribution in [0.1, 0.15) is 37.9 Å². The van der Waals surface area contributed by atoms with Crippen LogP contribution in [0.4, 0.5) is 5.69 Å². The topological polar surface area (TPSA) is 49.5 Å². The Morgan fingerprint density at radius 3 is 2.42 bits per heavy atom. The molecule has 0 saturated heterocycles. The van der Waals surface area contributed by atoms with Gasteiger partial charge in [0.25, 0.3) is 0 Å². The van der Waals surface area contributed by atoms with Crippen molar-refractivity contribution < 1.29 is 5.11 Å². The summed E-state index contributed by atoms with van der Waals surface area (Å²) in [6, 6.07) is 8.17. The van der Waals surface area contributed by atoms with Crippen LogP contribution in [-0.4, -0.2) is 25.7 Å². The van der Waals surface area contributed by atoms with Crippen molar-refractivity contribution >= 4 is 5.69 Å². The van der Waals surface area contributed by atoms with Gasteiger partial charge in [0.1, 0.15) is 0 Å². The third-order valence-corrected chi connectivity index (χ3v) is 4.60. The Kier molecular flexibility index (Phi) is 4.16. The smallest absolute Gasteiger partial charge is 0.0858 e. The molecule has 1 saturated carbocycles. The molecule has 3 heteroatoms. The van der Waals surface area contributed by atoms with Crippen LogP contribution >= 0.6 is 0 Å². The second kappa shape index (κ2) is 5.51. The first kappa shape index (κ1) is 14.4. The zero-order chi connectivity index (χ0) is 14.0. The van der Waals surface area contributed by atoms with Gasteiger partial charge in [-0.05, 0) is 36.5 Å². The molecule has 0 heterocycles. The molecule has 0 aliphatic heterocycles. The van der Waals surface area contributed by atoms with Gasteiger partial charge in [-0.3, -0.25) is 0 Å². The number of hydrogen-bond acceptors (Lipinski definition) is 3. The lowest BCUT2D eigenvalue weighted by Crippen LogP contribution is -2.34. The van der Waals surface area contributed by atoms with Crippen molar-refractivity contribution in [3.8, 4) is 0 Å². The van der Waals surface area contributed by atoms with Crippen LogP contribution in [0, 0.1) is 11.3 Å². The summed E-state index contributed by atoms with van der Waals surface area (Å²) in [5.41, 5.74) is 7.99. The molecule has 1 aromatic carbocycles. The Labute approximate surface area is 116 Å². The third-order valence-electron chi connectivity index (χ3n) is 4.60. The van der Waals surface area contributed by atoms with Crippen molar-refractivity contribution in [1.29, 1.82) is 0 Å². The number of benzene rings is 1. The van der Waals surface area contributed by atoms with Gasteiger partial charge in [-0.15, -0.1) is 0 Å². The van der Waals surface area contributed by atoms with Gasteiger partial charge < -0.3 is 15.7 Å². The maximum Gasteiger partial charge on any atom is 0.0858 e. The van der Waals surface area contributed by atoms with Crippen molar-refractivity contribution in [1.82, 2.24) is 0 Å². The lowest BCUT2D eigenvalue weighted by molar-refractivity contribution is 0.0308. The van der Waals surface area contributed by atoms with Gasteiger partial charge in [-0.25, -0.2) is 0 Å². The predicted molar refractivity (Wildman–Crippen MR) is 80.2 cm³/mol. The average molecular weight is 262 g/mol. The molecular formula is C16H26N2O. The van der Waals surface area contributed by atoms with E-state index in [0.717, 1.165) is 24.1 Å². The van der Waals surface area contributed by atoms with E-state index in [-0.39, 0.29) is 5.41 Å². The molecule has 3 N–H and O–H groups in total. The molecule has 1 aliphatic rings. The molecule has 3 unspecified atom stereocenters. The Hall–Kier alpha value is -1.06. The van der Waals surface area contributed by atoms with Crippen LogP contribution in [-0.2, 0) is 0 Å². The van der Waals surface area contributed by atoms with E-state index >= 15 is 0 Å². The quantitative estimate of drug-likeness (QED) is 0.876. The minimum Gasteiger partial charge on any atom is -0.388 e. The fourth-order valence-electron chi connectivity index (χ4n) is 3.29. The monoisotopic (exact) mass is 262 g/mol. The van der Waals surface area contributed by atoms with E-state index in [2.05, 4.69) is 24.0 Å². The summed E-state index contributed by atoms with van der Waals surface area (Å²) in [4.78, 5) is 2.06. The molecule has 0 radical (unpaired) electrons. The maximum atomic E-state index is 10.7. The van der Waals surface area contributed by atoms with E-state index in [9.17, 15) is 5.11 Å². The van der Waals surface area contributed by atoms with Crippen LogP contribution < -0.4 is 10.6 Å². The molecule has 2 rings (SSSR count). The van der Waals surface area contributed by atoms with E-state index in [1.54, 1.807) is 0 Å². The van der Waals surface area contributed by atoms with Crippen LogP contribution in [0.5, 0.6) is 0 Å². The third kappa shape index (κ3) is 2.77. The highest BCUT2D eigenvalue weighted by Gasteiger charge is 2.42. The van der Waals surface area contributed by atoms with Crippen LogP contribution in [0.2, 0.25) is 0 Å². The Morgan fingerprint density at radius 1 is 1.37 bits per heavy atom. The molecule has 106 valence electrons. The lowest BCUT2D eigenvalue weighted by Gasteiger charge is -2.33. The molecular weight excluding hydrogens is 236 g/mol. The lowest BCUT2D eigenvalue weighted by atomic mass is 9.77. The summed E-state index contributed by atoms with van der Waals surface area (Å²) < 4.78 is 0. The predicted octanol–water partition coefficient (Wildman–Crippen LogP) is 2.55. The number of aliphatic hydroxyl groups excluding tert-OH is 1. The van der Waals surface area contributed by atoms with Gasteiger partial charge >= 0.3 is 0 Å². The fourth-order valence-corrected chi connectivity index (χ4v) is 3.29. The molecule has 0 amide bonds. The number of hydrogen-bond donors (Lipinski definition) is 2. The van der Waals surface area contributed by atoms with Crippen molar-refractivity contribution in [3.63, 3.8) is 0 Å². The van der Waals surface area contributed by atoms with Crippen LogP contribution in [0.15, 0.2) is 24.3 Å². The standard InChI is InChI=1S/C16H26N2O/c1-12-8-9-16(10-12,11-17)15(19)13-4-6-14(7-5-13)18(2)3/h4-7,12,15,19H,8-11,17H2,1-3H3. The maximum absolute atomic E-state index is 10.7. The zero-order valence-corrected chi connectivity index (χ0v) is 12.3. The molecule has 3 atom stereocenters. The van der Waals surface area contributed by atoms with Crippen molar-refractivity contribution in [2.24, 2.45) is 17.1 Å². The van der Waals surface area contributed by atoms with Crippen molar-refractivity contribution in [2.45, 2.75) is 32.3 Å². The molecule has 1 aromatic rings. The highest BCUT2D eigenvalue weighted by molar-refractivity contribution is 5.46. The second-order valence-corrected chi connectivity index (χ2v) is 6.30. The van der Waals surface area contributed by atoms with E-state index in [1.165, 1.54) is 6.42 Å². The first-order valence-electron chi connectivity index (χ1n) is 7.14. The first-order valence-corrected chi connectivity index (χ1v) is 7.14.